The maximum atomic E-state index is 12.4. The van der Waals surface area contributed by atoms with Gasteiger partial charge in [-0.1, -0.05) is 30.3 Å². The highest BCUT2D eigenvalue weighted by Crippen LogP contribution is 2.31. The summed E-state index contributed by atoms with van der Waals surface area (Å²) in [5.41, 5.74) is 2.67. The van der Waals surface area contributed by atoms with E-state index in [4.69, 9.17) is 14.6 Å². The summed E-state index contributed by atoms with van der Waals surface area (Å²) in [5, 5.41) is 4.72. The van der Waals surface area contributed by atoms with E-state index in [0.717, 1.165) is 26.9 Å². The highest BCUT2D eigenvalue weighted by Gasteiger charge is 2.37. The van der Waals surface area contributed by atoms with Gasteiger partial charge in [0, 0.05) is 37.3 Å². The monoisotopic (exact) mass is 538 g/mol. The lowest BCUT2D eigenvalue weighted by molar-refractivity contribution is 0.0216. The van der Waals surface area contributed by atoms with Gasteiger partial charge in [-0.2, -0.15) is 5.10 Å². The Bertz CT molecular complexity index is 964. The van der Waals surface area contributed by atoms with Crippen LogP contribution in [0.4, 0.5) is 9.59 Å². The second-order valence-corrected chi connectivity index (χ2v) is 9.93. The number of ether oxygens (including phenoxy) is 2. The molecule has 1 saturated heterocycles. The molecule has 0 radical (unpaired) electrons. The number of carbonyl (C=O) groups is 2. The Morgan fingerprint density at radius 2 is 1.84 bits per heavy atom. The molecule has 2 aliphatic rings. The summed E-state index contributed by atoms with van der Waals surface area (Å²) in [4.78, 5) is 28.2. The van der Waals surface area contributed by atoms with Crippen molar-refractivity contribution in [3.63, 3.8) is 0 Å². The summed E-state index contributed by atoms with van der Waals surface area (Å²) in [5.74, 6) is 0. The fourth-order valence-corrected chi connectivity index (χ4v) is 4.47. The van der Waals surface area contributed by atoms with Crippen LogP contribution in [0.1, 0.15) is 43.6 Å². The topological polar surface area (TPSA) is 76.9 Å². The molecule has 0 N–H and O–H groups in total. The van der Waals surface area contributed by atoms with Gasteiger partial charge in [0.1, 0.15) is 15.9 Å². The highest BCUT2D eigenvalue weighted by atomic mass is 127. The molecule has 2 amide bonds. The van der Waals surface area contributed by atoms with E-state index in [2.05, 4.69) is 22.6 Å². The van der Waals surface area contributed by atoms with Crippen LogP contribution in [0.3, 0.4) is 0 Å². The lowest BCUT2D eigenvalue weighted by Gasteiger charge is -2.39. The average molecular weight is 538 g/mol. The Morgan fingerprint density at radius 3 is 2.52 bits per heavy atom. The molecule has 3 heterocycles. The predicted molar refractivity (Wildman–Crippen MR) is 123 cm³/mol. The van der Waals surface area contributed by atoms with Crippen LogP contribution in [0.15, 0.2) is 30.3 Å². The van der Waals surface area contributed by atoms with E-state index >= 15 is 0 Å². The molecule has 1 aromatic heterocycles. The van der Waals surface area contributed by atoms with E-state index in [1.807, 2.05) is 55.8 Å². The molecule has 8 nitrogen and oxygen atoms in total. The van der Waals surface area contributed by atoms with Crippen LogP contribution in [0.25, 0.3) is 0 Å². The Kier molecular flexibility index (Phi) is 6.14. The van der Waals surface area contributed by atoms with Gasteiger partial charge in [0.25, 0.3) is 0 Å². The fraction of sp³-hybridized carbons (Fsp3) is 0.500. The van der Waals surface area contributed by atoms with Crippen molar-refractivity contribution >= 4 is 34.8 Å². The van der Waals surface area contributed by atoms with Gasteiger partial charge in [-0.05, 0) is 48.9 Å². The van der Waals surface area contributed by atoms with Gasteiger partial charge in [0.05, 0.1) is 12.6 Å². The van der Waals surface area contributed by atoms with E-state index in [1.165, 1.54) is 0 Å². The van der Waals surface area contributed by atoms with Crippen LogP contribution in [0, 0.1) is 3.70 Å². The van der Waals surface area contributed by atoms with Crippen molar-refractivity contribution in [3.8, 4) is 0 Å². The van der Waals surface area contributed by atoms with Gasteiger partial charge in [0.2, 0.25) is 0 Å². The molecule has 9 heteroatoms. The first-order valence-electron chi connectivity index (χ1n) is 10.4. The molecule has 1 aromatic carbocycles. The van der Waals surface area contributed by atoms with Crippen molar-refractivity contribution in [3.05, 3.63) is 50.9 Å². The maximum absolute atomic E-state index is 12.4. The van der Waals surface area contributed by atoms with Crippen LogP contribution >= 0.6 is 22.6 Å². The van der Waals surface area contributed by atoms with Crippen molar-refractivity contribution in [2.45, 2.75) is 52.0 Å². The second kappa shape index (κ2) is 8.68. The zero-order chi connectivity index (χ0) is 22.2. The number of hydrogen-bond acceptors (Lipinski definition) is 5. The minimum absolute atomic E-state index is 0.134. The SMILES string of the molecule is CC(C)(C)OC(=O)N1CCc2c(c(I)nn2C2CN(C(=O)OCc3ccccc3)C2)C1. The Morgan fingerprint density at radius 1 is 1.13 bits per heavy atom. The van der Waals surface area contributed by atoms with E-state index in [0.29, 0.717) is 26.2 Å². The fourth-order valence-electron chi connectivity index (χ4n) is 3.76. The number of hydrogen-bond donors (Lipinski definition) is 0. The Labute approximate surface area is 195 Å². The minimum atomic E-state index is -0.515. The Hall–Kier alpha value is -2.30. The number of nitrogens with zero attached hydrogens (tertiary/aromatic N) is 4. The summed E-state index contributed by atoms with van der Waals surface area (Å²) in [6, 6.07) is 9.79. The molecule has 0 saturated carbocycles. The summed E-state index contributed by atoms with van der Waals surface area (Å²) in [6.45, 7) is 8.13. The molecule has 4 rings (SSSR count). The lowest BCUT2D eigenvalue weighted by Crippen LogP contribution is -2.51. The first kappa shape index (κ1) is 21.9. The molecule has 2 aliphatic heterocycles. The summed E-state index contributed by atoms with van der Waals surface area (Å²) >= 11 is 2.22. The highest BCUT2D eigenvalue weighted by molar-refractivity contribution is 14.1. The van der Waals surface area contributed by atoms with Crippen LogP contribution in [0.2, 0.25) is 0 Å². The van der Waals surface area contributed by atoms with Crippen LogP contribution in [-0.2, 0) is 29.0 Å². The number of amides is 2. The van der Waals surface area contributed by atoms with E-state index in [1.54, 1.807) is 9.80 Å². The van der Waals surface area contributed by atoms with Crippen molar-refractivity contribution in [2.75, 3.05) is 19.6 Å². The number of fused-ring (bicyclic) bond motifs is 1. The van der Waals surface area contributed by atoms with Crippen molar-refractivity contribution in [1.82, 2.24) is 19.6 Å². The lowest BCUT2D eigenvalue weighted by atomic mass is 10.1. The zero-order valence-electron chi connectivity index (χ0n) is 18.0. The quantitative estimate of drug-likeness (QED) is 0.553. The van der Waals surface area contributed by atoms with Gasteiger partial charge in [-0.15, -0.1) is 0 Å². The third-order valence-corrected chi connectivity index (χ3v) is 6.23. The Balaban J connectivity index is 1.34. The molecular formula is C22H27IN4O4. The first-order valence-corrected chi connectivity index (χ1v) is 11.5. The van der Waals surface area contributed by atoms with Crippen molar-refractivity contribution in [1.29, 1.82) is 0 Å². The second-order valence-electron chi connectivity index (χ2n) is 8.91. The van der Waals surface area contributed by atoms with Gasteiger partial charge in [-0.3, -0.25) is 4.68 Å². The molecule has 2 aromatic rings. The number of aromatic nitrogens is 2. The van der Waals surface area contributed by atoms with Gasteiger partial charge in [0.15, 0.2) is 0 Å². The molecule has 0 unspecified atom stereocenters. The van der Waals surface area contributed by atoms with E-state index in [9.17, 15) is 9.59 Å². The standard InChI is InChI=1S/C22H27IN4O4/c1-22(2,3)31-21(29)25-10-9-18-17(13-25)19(23)24-27(18)16-11-26(12-16)20(28)30-14-15-7-5-4-6-8-15/h4-8,16H,9-14H2,1-3H3. The predicted octanol–water partition coefficient (Wildman–Crippen LogP) is 3.97. The molecule has 0 spiro atoms. The van der Waals surface area contributed by atoms with Gasteiger partial charge in [-0.25, -0.2) is 9.59 Å². The van der Waals surface area contributed by atoms with E-state index < -0.39 is 5.60 Å². The largest absolute Gasteiger partial charge is 0.445 e. The minimum Gasteiger partial charge on any atom is -0.445 e. The zero-order valence-corrected chi connectivity index (χ0v) is 20.2. The summed E-state index contributed by atoms with van der Waals surface area (Å²) < 4.78 is 13.9. The summed E-state index contributed by atoms with van der Waals surface area (Å²) in [7, 11) is 0. The maximum Gasteiger partial charge on any atom is 0.410 e. The van der Waals surface area contributed by atoms with Gasteiger partial charge >= 0.3 is 12.2 Å². The third-order valence-electron chi connectivity index (χ3n) is 5.36. The smallest absolute Gasteiger partial charge is 0.410 e. The average Bonchev–Trinajstić information content (AvgIpc) is 3.00. The van der Waals surface area contributed by atoms with Crippen LogP contribution < -0.4 is 0 Å². The third kappa shape index (κ3) is 4.97. The summed E-state index contributed by atoms with van der Waals surface area (Å²) in [6.07, 6.45) is 0.129. The normalized spacial score (nSPS) is 16.5. The molecule has 0 atom stereocenters. The van der Waals surface area contributed by atoms with Crippen molar-refractivity contribution < 1.29 is 19.1 Å². The number of halogens is 1. The van der Waals surface area contributed by atoms with Crippen LogP contribution in [-0.4, -0.2) is 57.0 Å². The number of likely N-dealkylation sites (tertiary alicyclic amines) is 1. The first-order chi connectivity index (χ1) is 14.7. The van der Waals surface area contributed by atoms with Gasteiger partial charge < -0.3 is 19.3 Å². The number of carbonyl (C=O) groups excluding carboxylic acids is 2. The molecular weight excluding hydrogens is 511 g/mol. The number of benzene rings is 1. The van der Waals surface area contributed by atoms with Crippen molar-refractivity contribution in [2.24, 2.45) is 0 Å². The molecule has 0 bridgehead atoms. The molecule has 31 heavy (non-hydrogen) atoms. The van der Waals surface area contributed by atoms with E-state index in [-0.39, 0.29) is 24.8 Å². The molecule has 166 valence electrons. The molecule has 0 aliphatic carbocycles. The molecule has 1 fully saturated rings. The number of rotatable bonds is 3. The van der Waals surface area contributed by atoms with Crippen LogP contribution in [0.5, 0.6) is 0 Å².